The Hall–Kier alpha value is -1.31. The lowest BCUT2D eigenvalue weighted by Gasteiger charge is -2.12. The van der Waals surface area contributed by atoms with Crippen molar-refractivity contribution in [3.63, 3.8) is 0 Å². The van der Waals surface area contributed by atoms with Gasteiger partial charge >= 0.3 is 0 Å². The van der Waals surface area contributed by atoms with Crippen LogP contribution in [0, 0.1) is 5.41 Å². The SMILES string of the molecule is C=NC1=C(NC)C=CC(C)(C)C=C1. The Kier molecular flexibility index (Phi) is 2.71. The van der Waals surface area contributed by atoms with E-state index in [2.05, 4.69) is 43.0 Å². The van der Waals surface area contributed by atoms with Gasteiger partial charge in [0.15, 0.2) is 0 Å². The van der Waals surface area contributed by atoms with E-state index in [-0.39, 0.29) is 5.41 Å². The van der Waals surface area contributed by atoms with Crippen LogP contribution in [0.1, 0.15) is 13.8 Å². The van der Waals surface area contributed by atoms with Crippen LogP contribution in [0.3, 0.4) is 0 Å². The Bertz CT molecular complexity index is 293. The molecule has 0 aliphatic heterocycles. The fourth-order valence-electron chi connectivity index (χ4n) is 1.17. The van der Waals surface area contributed by atoms with E-state index >= 15 is 0 Å². The zero-order chi connectivity index (χ0) is 9.90. The van der Waals surface area contributed by atoms with E-state index in [0.29, 0.717) is 0 Å². The summed E-state index contributed by atoms with van der Waals surface area (Å²) < 4.78 is 0. The van der Waals surface area contributed by atoms with Crippen LogP contribution in [0.4, 0.5) is 0 Å². The molecule has 2 nitrogen and oxygen atoms in total. The quantitative estimate of drug-likeness (QED) is 0.641. The summed E-state index contributed by atoms with van der Waals surface area (Å²) in [6.07, 6.45) is 8.31. The Balaban J connectivity index is 3.09. The molecule has 0 spiro atoms. The van der Waals surface area contributed by atoms with Gasteiger partial charge in [0.05, 0.1) is 11.4 Å². The summed E-state index contributed by atoms with van der Waals surface area (Å²) in [5, 5.41) is 3.09. The molecule has 1 rings (SSSR count). The Labute approximate surface area is 79.8 Å². The second kappa shape index (κ2) is 3.60. The van der Waals surface area contributed by atoms with Crippen molar-refractivity contribution in [1.82, 2.24) is 5.32 Å². The molecule has 1 aliphatic rings. The third kappa shape index (κ3) is 2.31. The lowest BCUT2D eigenvalue weighted by atomic mass is 9.93. The molecule has 0 bridgehead atoms. The van der Waals surface area contributed by atoms with Crippen LogP contribution in [-0.4, -0.2) is 13.8 Å². The molecule has 0 atom stereocenters. The van der Waals surface area contributed by atoms with E-state index in [0.717, 1.165) is 11.4 Å². The fourth-order valence-corrected chi connectivity index (χ4v) is 1.17. The molecule has 1 N–H and O–H groups in total. The minimum absolute atomic E-state index is 0.0918. The standard InChI is InChI=1S/C11H16N2/c1-11(2)7-5-9(12-3)10(13-4)6-8-11/h5-8,13H,3H2,1-2,4H3. The summed E-state index contributed by atoms with van der Waals surface area (Å²) in [5.41, 5.74) is 2.00. The average molecular weight is 176 g/mol. The van der Waals surface area contributed by atoms with E-state index in [4.69, 9.17) is 0 Å². The molecule has 0 unspecified atom stereocenters. The maximum Gasteiger partial charge on any atom is 0.0850 e. The molecule has 0 heterocycles. The first kappa shape index (κ1) is 9.78. The Morgan fingerprint density at radius 2 is 1.92 bits per heavy atom. The molecule has 1 aliphatic carbocycles. The van der Waals surface area contributed by atoms with Crippen molar-refractivity contribution in [3.8, 4) is 0 Å². The smallest absolute Gasteiger partial charge is 0.0850 e. The maximum atomic E-state index is 3.95. The first-order valence-electron chi connectivity index (χ1n) is 4.36. The third-order valence-corrected chi connectivity index (χ3v) is 2.07. The number of allylic oxidation sites excluding steroid dienone is 4. The molecular formula is C11H16N2. The zero-order valence-corrected chi connectivity index (χ0v) is 8.46. The van der Waals surface area contributed by atoms with Gasteiger partial charge in [0.25, 0.3) is 0 Å². The summed E-state index contributed by atoms with van der Waals surface area (Å²) >= 11 is 0. The van der Waals surface area contributed by atoms with E-state index in [9.17, 15) is 0 Å². The summed E-state index contributed by atoms with van der Waals surface area (Å²) in [6, 6.07) is 0. The van der Waals surface area contributed by atoms with Gasteiger partial charge < -0.3 is 5.32 Å². The van der Waals surface area contributed by atoms with Crippen molar-refractivity contribution in [2.75, 3.05) is 7.05 Å². The number of rotatable bonds is 2. The second-order valence-electron chi connectivity index (χ2n) is 3.70. The first-order valence-corrected chi connectivity index (χ1v) is 4.36. The normalized spacial score (nSPS) is 19.9. The van der Waals surface area contributed by atoms with Gasteiger partial charge in [-0.15, -0.1) is 0 Å². The Morgan fingerprint density at radius 1 is 1.31 bits per heavy atom. The number of hydrogen-bond acceptors (Lipinski definition) is 2. The van der Waals surface area contributed by atoms with Gasteiger partial charge in [-0.3, -0.25) is 4.99 Å². The molecule has 13 heavy (non-hydrogen) atoms. The van der Waals surface area contributed by atoms with Crippen molar-refractivity contribution in [1.29, 1.82) is 0 Å². The van der Waals surface area contributed by atoms with Crippen molar-refractivity contribution in [2.45, 2.75) is 13.8 Å². The number of nitrogens with zero attached hydrogens (tertiary/aromatic N) is 1. The van der Waals surface area contributed by atoms with Crippen LogP contribution in [0.25, 0.3) is 0 Å². The van der Waals surface area contributed by atoms with Gasteiger partial charge in [-0.05, 0) is 18.9 Å². The Morgan fingerprint density at radius 3 is 2.46 bits per heavy atom. The predicted octanol–water partition coefficient (Wildman–Crippen LogP) is 2.27. The van der Waals surface area contributed by atoms with Gasteiger partial charge in [0, 0.05) is 12.5 Å². The highest BCUT2D eigenvalue weighted by molar-refractivity contribution is 5.41. The highest BCUT2D eigenvalue weighted by Crippen LogP contribution is 2.24. The van der Waals surface area contributed by atoms with Crippen LogP contribution in [0.5, 0.6) is 0 Å². The van der Waals surface area contributed by atoms with Crippen molar-refractivity contribution in [2.24, 2.45) is 10.4 Å². The highest BCUT2D eigenvalue weighted by atomic mass is 14.9. The minimum atomic E-state index is 0.0918. The molecule has 0 aromatic rings. The van der Waals surface area contributed by atoms with Crippen molar-refractivity contribution in [3.05, 3.63) is 35.7 Å². The molecule has 0 saturated carbocycles. The monoisotopic (exact) mass is 176 g/mol. The van der Waals surface area contributed by atoms with Gasteiger partial charge in [-0.2, -0.15) is 0 Å². The molecule has 0 amide bonds. The predicted molar refractivity (Wildman–Crippen MR) is 57.7 cm³/mol. The average Bonchev–Trinajstić information content (AvgIpc) is 2.23. The fraction of sp³-hybridized carbons (Fsp3) is 0.364. The second-order valence-corrected chi connectivity index (χ2v) is 3.70. The molecule has 70 valence electrons. The van der Waals surface area contributed by atoms with Gasteiger partial charge in [0.2, 0.25) is 0 Å². The lowest BCUT2D eigenvalue weighted by Crippen LogP contribution is -2.05. The van der Waals surface area contributed by atoms with Gasteiger partial charge in [-0.25, -0.2) is 0 Å². The van der Waals surface area contributed by atoms with Crippen molar-refractivity contribution < 1.29 is 0 Å². The summed E-state index contributed by atoms with van der Waals surface area (Å²) in [4.78, 5) is 3.95. The first-order chi connectivity index (χ1) is 6.09. The molecule has 0 aromatic carbocycles. The molecule has 0 saturated heterocycles. The number of likely N-dealkylation sites (N-methyl/N-ethyl adjacent to an activating group) is 1. The molecule has 2 heteroatoms. The minimum Gasteiger partial charge on any atom is -0.386 e. The zero-order valence-electron chi connectivity index (χ0n) is 8.46. The highest BCUT2D eigenvalue weighted by Gasteiger charge is 2.12. The molecule has 0 radical (unpaired) electrons. The lowest BCUT2D eigenvalue weighted by molar-refractivity contribution is 0.626. The van der Waals surface area contributed by atoms with E-state index in [1.54, 1.807) is 0 Å². The largest absolute Gasteiger partial charge is 0.386 e. The van der Waals surface area contributed by atoms with Crippen LogP contribution in [-0.2, 0) is 0 Å². The van der Waals surface area contributed by atoms with Crippen LogP contribution in [0.2, 0.25) is 0 Å². The summed E-state index contributed by atoms with van der Waals surface area (Å²) in [5.74, 6) is 0. The molecule has 0 fully saturated rings. The maximum absolute atomic E-state index is 3.95. The molecule has 0 aromatic heterocycles. The van der Waals surface area contributed by atoms with Gasteiger partial charge in [-0.1, -0.05) is 26.0 Å². The topological polar surface area (TPSA) is 24.4 Å². The van der Waals surface area contributed by atoms with Crippen LogP contribution in [0.15, 0.2) is 40.7 Å². The van der Waals surface area contributed by atoms with Crippen LogP contribution < -0.4 is 5.32 Å². The van der Waals surface area contributed by atoms with E-state index in [1.165, 1.54) is 0 Å². The summed E-state index contributed by atoms with van der Waals surface area (Å²) in [6.45, 7) is 7.84. The van der Waals surface area contributed by atoms with E-state index in [1.807, 2.05) is 19.2 Å². The number of nitrogens with one attached hydrogen (secondary N) is 1. The summed E-state index contributed by atoms with van der Waals surface area (Å²) in [7, 11) is 1.89. The van der Waals surface area contributed by atoms with Crippen molar-refractivity contribution >= 4 is 6.72 Å². The number of aliphatic imine (C=N–C) groups is 1. The van der Waals surface area contributed by atoms with Crippen LogP contribution >= 0.6 is 0 Å². The molecular weight excluding hydrogens is 160 g/mol. The third-order valence-electron chi connectivity index (χ3n) is 2.07. The van der Waals surface area contributed by atoms with Gasteiger partial charge in [0.1, 0.15) is 0 Å². The number of hydrogen-bond donors (Lipinski definition) is 1. The van der Waals surface area contributed by atoms with E-state index < -0.39 is 0 Å².